The molecule has 0 unspecified atom stereocenters. The Balaban J connectivity index is 2.47. The number of nitrogens with zero attached hydrogens (tertiary/aromatic N) is 7. The van der Waals surface area contributed by atoms with E-state index in [2.05, 4.69) is 36.2 Å². The fourth-order valence-corrected chi connectivity index (χ4v) is 2.04. The number of anilines is 3. The predicted molar refractivity (Wildman–Crippen MR) is 87.3 cm³/mol. The SMILES string of the molecule is N#CCN(CC#N)c1ncnc(Nc2ccc(Br)cn2)c1[N+](=O)[O-]. The summed E-state index contributed by atoms with van der Waals surface area (Å²) in [6.07, 6.45) is 2.64. The first kappa shape index (κ1) is 17.1. The van der Waals surface area contributed by atoms with Gasteiger partial charge < -0.3 is 10.2 Å². The highest BCUT2D eigenvalue weighted by Crippen LogP contribution is 2.33. The smallest absolute Gasteiger partial charge is 0.324 e. The van der Waals surface area contributed by atoms with E-state index in [0.717, 1.165) is 10.8 Å². The van der Waals surface area contributed by atoms with Gasteiger partial charge in [-0.3, -0.25) is 10.1 Å². The summed E-state index contributed by atoms with van der Waals surface area (Å²) >= 11 is 3.24. The first-order chi connectivity index (χ1) is 11.6. The lowest BCUT2D eigenvalue weighted by Gasteiger charge is -2.17. The summed E-state index contributed by atoms with van der Waals surface area (Å²) in [5.74, 6) is 0.150. The lowest BCUT2D eigenvalue weighted by molar-refractivity contribution is -0.383. The van der Waals surface area contributed by atoms with Crippen LogP contribution in [0.5, 0.6) is 0 Å². The van der Waals surface area contributed by atoms with E-state index >= 15 is 0 Å². The highest BCUT2D eigenvalue weighted by molar-refractivity contribution is 9.10. The fourth-order valence-electron chi connectivity index (χ4n) is 1.81. The van der Waals surface area contributed by atoms with Gasteiger partial charge in [0.1, 0.15) is 25.2 Å². The van der Waals surface area contributed by atoms with Crippen LogP contribution in [0.1, 0.15) is 0 Å². The molecule has 0 bridgehead atoms. The molecule has 0 atom stereocenters. The number of nitrogens with one attached hydrogen (secondary N) is 1. The lowest BCUT2D eigenvalue weighted by atomic mass is 10.3. The van der Waals surface area contributed by atoms with Crippen LogP contribution in [0.2, 0.25) is 0 Å². The largest absolute Gasteiger partial charge is 0.353 e. The van der Waals surface area contributed by atoms with Crippen LogP contribution in [-0.2, 0) is 0 Å². The molecule has 0 aromatic carbocycles. The van der Waals surface area contributed by atoms with Crippen LogP contribution in [0.25, 0.3) is 0 Å². The molecule has 10 nitrogen and oxygen atoms in total. The molecular weight excluding hydrogens is 380 g/mol. The summed E-state index contributed by atoms with van der Waals surface area (Å²) in [6.45, 7) is -0.442. The molecule has 1 N–H and O–H groups in total. The molecule has 0 fully saturated rings. The Hall–Kier alpha value is -3.31. The molecule has 24 heavy (non-hydrogen) atoms. The summed E-state index contributed by atoms with van der Waals surface area (Å²) in [7, 11) is 0. The predicted octanol–water partition coefficient (Wildman–Crippen LogP) is 2.14. The van der Waals surface area contributed by atoms with Crippen molar-refractivity contribution in [3.05, 3.63) is 39.2 Å². The first-order valence-electron chi connectivity index (χ1n) is 6.43. The molecule has 0 spiro atoms. The van der Waals surface area contributed by atoms with Gasteiger partial charge in [0.2, 0.25) is 11.6 Å². The van der Waals surface area contributed by atoms with E-state index in [-0.39, 0.29) is 24.7 Å². The second kappa shape index (κ2) is 7.80. The van der Waals surface area contributed by atoms with Crippen LogP contribution in [-0.4, -0.2) is 33.0 Å². The minimum Gasteiger partial charge on any atom is -0.324 e. The van der Waals surface area contributed by atoms with Gasteiger partial charge in [0.25, 0.3) is 0 Å². The van der Waals surface area contributed by atoms with Gasteiger partial charge in [0, 0.05) is 10.7 Å². The Morgan fingerprint density at radius 3 is 2.50 bits per heavy atom. The first-order valence-corrected chi connectivity index (χ1v) is 7.23. The van der Waals surface area contributed by atoms with Crippen LogP contribution >= 0.6 is 15.9 Å². The summed E-state index contributed by atoms with van der Waals surface area (Å²) in [6, 6.07) is 7.01. The van der Waals surface area contributed by atoms with Crippen molar-refractivity contribution in [3.63, 3.8) is 0 Å². The molecule has 120 valence electrons. The van der Waals surface area contributed by atoms with E-state index in [1.165, 1.54) is 11.1 Å². The topological polar surface area (TPSA) is 145 Å². The van der Waals surface area contributed by atoms with Gasteiger partial charge >= 0.3 is 5.69 Å². The normalized spacial score (nSPS) is 9.62. The van der Waals surface area contributed by atoms with Gasteiger partial charge in [-0.25, -0.2) is 15.0 Å². The van der Waals surface area contributed by atoms with E-state index in [1.54, 1.807) is 12.1 Å². The summed E-state index contributed by atoms with van der Waals surface area (Å²) in [5.41, 5.74) is -0.437. The number of hydrogen-bond acceptors (Lipinski definition) is 9. The van der Waals surface area contributed by atoms with Gasteiger partial charge in [-0.1, -0.05) is 0 Å². The molecule has 0 saturated heterocycles. The third kappa shape index (κ3) is 3.91. The number of nitro groups is 1. The van der Waals surface area contributed by atoms with E-state index in [9.17, 15) is 10.1 Å². The third-order valence-corrected chi connectivity index (χ3v) is 3.25. The number of aromatic nitrogens is 3. The molecule has 2 aromatic heterocycles. The Morgan fingerprint density at radius 1 is 1.25 bits per heavy atom. The quantitative estimate of drug-likeness (QED) is 0.446. The standard InChI is InChI=1S/C13H9BrN8O2/c14-9-1-2-10(17-7-9)20-12-11(22(23)24)13(19-8-18-12)21(5-3-15)6-4-16/h1-2,7-8H,5-6H2,(H,17,18,19,20). The maximum absolute atomic E-state index is 11.5. The van der Waals surface area contributed by atoms with Crippen LogP contribution < -0.4 is 10.2 Å². The van der Waals surface area contributed by atoms with E-state index in [4.69, 9.17) is 10.5 Å². The van der Waals surface area contributed by atoms with Crippen LogP contribution in [0.3, 0.4) is 0 Å². The van der Waals surface area contributed by atoms with E-state index in [0.29, 0.717) is 5.82 Å². The molecular formula is C13H9BrN8O2. The number of rotatable bonds is 6. The monoisotopic (exact) mass is 388 g/mol. The zero-order valence-electron chi connectivity index (χ0n) is 12.0. The van der Waals surface area contributed by atoms with E-state index in [1.807, 2.05) is 12.1 Å². The molecule has 2 heterocycles. The Labute approximate surface area is 144 Å². The Morgan fingerprint density at radius 2 is 1.96 bits per heavy atom. The van der Waals surface area contributed by atoms with Gasteiger partial charge in [-0.05, 0) is 28.1 Å². The van der Waals surface area contributed by atoms with Crippen molar-refractivity contribution in [2.45, 2.75) is 0 Å². The molecule has 2 aromatic rings. The number of pyridine rings is 1. The minimum atomic E-state index is -0.668. The number of halogens is 1. The zero-order valence-corrected chi connectivity index (χ0v) is 13.6. The maximum atomic E-state index is 11.5. The van der Waals surface area contributed by atoms with Gasteiger partial charge in [0.15, 0.2) is 0 Å². The molecule has 0 aliphatic carbocycles. The van der Waals surface area contributed by atoms with Crippen LogP contribution in [0.15, 0.2) is 29.1 Å². The Bertz CT molecular complexity index is 811. The lowest BCUT2D eigenvalue weighted by Crippen LogP contribution is -2.26. The molecule has 0 radical (unpaired) electrons. The highest BCUT2D eigenvalue weighted by atomic mass is 79.9. The van der Waals surface area contributed by atoms with Crippen molar-refractivity contribution in [1.82, 2.24) is 15.0 Å². The van der Waals surface area contributed by atoms with Crippen molar-refractivity contribution in [3.8, 4) is 12.1 Å². The van der Waals surface area contributed by atoms with Crippen LogP contribution in [0, 0.1) is 32.8 Å². The summed E-state index contributed by atoms with van der Waals surface area (Å²) in [5, 5.41) is 31.9. The summed E-state index contributed by atoms with van der Waals surface area (Å²) < 4.78 is 0.750. The van der Waals surface area contributed by atoms with Crippen molar-refractivity contribution in [2.75, 3.05) is 23.3 Å². The van der Waals surface area contributed by atoms with Crippen molar-refractivity contribution in [1.29, 1.82) is 10.5 Å². The van der Waals surface area contributed by atoms with Crippen molar-refractivity contribution in [2.24, 2.45) is 0 Å². The zero-order chi connectivity index (χ0) is 17.5. The van der Waals surface area contributed by atoms with Crippen molar-refractivity contribution >= 4 is 39.1 Å². The second-order valence-corrected chi connectivity index (χ2v) is 5.23. The number of nitriles is 2. The van der Waals surface area contributed by atoms with Gasteiger partial charge in [0.05, 0.1) is 17.1 Å². The van der Waals surface area contributed by atoms with Gasteiger partial charge in [-0.2, -0.15) is 10.5 Å². The average molecular weight is 389 g/mol. The van der Waals surface area contributed by atoms with Crippen LogP contribution in [0.4, 0.5) is 23.1 Å². The molecule has 0 aliphatic heterocycles. The summed E-state index contributed by atoms with van der Waals surface area (Å²) in [4.78, 5) is 23.8. The van der Waals surface area contributed by atoms with Crippen molar-refractivity contribution < 1.29 is 4.92 Å². The molecule has 2 rings (SSSR count). The number of hydrogen-bond donors (Lipinski definition) is 1. The van der Waals surface area contributed by atoms with E-state index < -0.39 is 10.6 Å². The molecule has 0 aliphatic rings. The average Bonchev–Trinajstić information content (AvgIpc) is 2.56. The fraction of sp³-hybridized carbons (Fsp3) is 0.154. The second-order valence-electron chi connectivity index (χ2n) is 4.31. The minimum absolute atomic E-state index is 0.0827. The molecule has 0 saturated carbocycles. The Kier molecular flexibility index (Phi) is 5.54. The maximum Gasteiger partial charge on any atom is 0.353 e. The highest BCUT2D eigenvalue weighted by Gasteiger charge is 2.27. The molecule has 0 amide bonds. The third-order valence-electron chi connectivity index (χ3n) is 2.78. The molecule has 11 heteroatoms. The van der Waals surface area contributed by atoms with Gasteiger partial charge in [-0.15, -0.1) is 0 Å².